The van der Waals surface area contributed by atoms with E-state index in [1.807, 2.05) is 0 Å². The molecule has 22 heavy (non-hydrogen) atoms. The van der Waals surface area contributed by atoms with Crippen LogP contribution >= 0.6 is 15.9 Å². The molecule has 0 saturated carbocycles. The minimum absolute atomic E-state index is 0.942. The van der Waals surface area contributed by atoms with Gasteiger partial charge in [0.05, 0.1) is 0 Å². The summed E-state index contributed by atoms with van der Waals surface area (Å²) in [6.07, 6.45) is 0.942. The van der Waals surface area contributed by atoms with Gasteiger partial charge in [0.1, 0.15) is 0 Å². The van der Waals surface area contributed by atoms with E-state index >= 15 is 0 Å². The van der Waals surface area contributed by atoms with Crippen molar-refractivity contribution in [2.45, 2.75) is 6.42 Å². The highest BCUT2D eigenvalue weighted by Gasteiger charge is 2.08. The van der Waals surface area contributed by atoms with E-state index in [0.717, 1.165) is 6.42 Å². The fourth-order valence-corrected chi connectivity index (χ4v) is 3.51. The second-order valence-electron chi connectivity index (χ2n) is 5.61. The molecule has 0 nitrogen and oxygen atoms in total. The molecule has 0 fully saturated rings. The van der Waals surface area contributed by atoms with Crippen molar-refractivity contribution in [3.8, 4) is 0 Å². The number of rotatable bonds is 2. The zero-order chi connectivity index (χ0) is 14.9. The Bertz CT molecular complexity index is 955. The largest absolute Gasteiger partial charge is 0.0622 e. The molecule has 0 spiro atoms. The first-order chi connectivity index (χ1) is 10.8. The van der Waals surface area contributed by atoms with Crippen LogP contribution in [0.3, 0.4) is 0 Å². The molecule has 0 aliphatic heterocycles. The third-order valence-electron chi connectivity index (χ3n) is 4.16. The molecule has 0 unspecified atom stereocenters. The second kappa shape index (κ2) is 5.58. The normalized spacial score (nSPS) is 11.1. The molecule has 0 aliphatic carbocycles. The highest BCUT2D eigenvalue weighted by molar-refractivity contribution is 9.10. The van der Waals surface area contributed by atoms with Gasteiger partial charge in [-0.05, 0) is 57.3 Å². The Labute approximate surface area is 138 Å². The summed E-state index contributed by atoms with van der Waals surface area (Å²) in [7, 11) is 0. The van der Waals surface area contributed by atoms with E-state index in [1.165, 1.54) is 37.1 Å². The summed E-state index contributed by atoms with van der Waals surface area (Å²) in [6, 6.07) is 28.1. The lowest BCUT2D eigenvalue weighted by Gasteiger charge is -2.11. The van der Waals surface area contributed by atoms with Crippen molar-refractivity contribution < 1.29 is 0 Å². The van der Waals surface area contributed by atoms with E-state index in [0.29, 0.717) is 0 Å². The van der Waals surface area contributed by atoms with Gasteiger partial charge in [-0.2, -0.15) is 0 Å². The minimum Gasteiger partial charge on any atom is -0.0622 e. The third kappa shape index (κ3) is 2.42. The van der Waals surface area contributed by atoms with Crippen LogP contribution in [0.5, 0.6) is 0 Å². The van der Waals surface area contributed by atoms with Crippen LogP contribution in [-0.4, -0.2) is 0 Å². The fraction of sp³-hybridized carbons (Fsp3) is 0.0476. The molecule has 0 aliphatic rings. The summed E-state index contributed by atoms with van der Waals surface area (Å²) in [4.78, 5) is 0. The maximum atomic E-state index is 3.74. The first-order valence-electron chi connectivity index (χ1n) is 7.45. The molecule has 0 saturated heterocycles. The average Bonchev–Trinajstić information content (AvgIpc) is 2.57. The summed E-state index contributed by atoms with van der Waals surface area (Å²) in [5.74, 6) is 0. The molecule has 0 aromatic heterocycles. The van der Waals surface area contributed by atoms with Gasteiger partial charge in [-0.15, -0.1) is 0 Å². The predicted molar refractivity (Wildman–Crippen MR) is 98.4 cm³/mol. The van der Waals surface area contributed by atoms with Gasteiger partial charge >= 0.3 is 0 Å². The van der Waals surface area contributed by atoms with Crippen LogP contribution in [0.2, 0.25) is 0 Å². The highest BCUT2D eigenvalue weighted by Crippen LogP contribution is 2.31. The van der Waals surface area contributed by atoms with Crippen molar-refractivity contribution in [3.63, 3.8) is 0 Å². The molecular weight excluding hydrogens is 332 g/mol. The summed E-state index contributed by atoms with van der Waals surface area (Å²) >= 11 is 3.74. The Morgan fingerprint density at radius 1 is 0.636 bits per heavy atom. The van der Waals surface area contributed by atoms with Gasteiger partial charge in [0.2, 0.25) is 0 Å². The zero-order valence-corrected chi connectivity index (χ0v) is 13.7. The lowest BCUT2D eigenvalue weighted by Crippen LogP contribution is -1.92. The topological polar surface area (TPSA) is 0 Å². The van der Waals surface area contributed by atoms with Crippen LogP contribution in [0.15, 0.2) is 83.3 Å². The average molecular weight is 347 g/mol. The predicted octanol–water partition coefficient (Wildman–Crippen LogP) is 6.35. The minimum atomic E-state index is 0.942. The monoisotopic (exact) mass is 346 g/mol. The molecule has 4 aromatic carbocycles. The molecule has 0 radical (unpaired) electrons. The molecule has 0 atom stereocenters. The lowest BCUT2D eigenvalue weighted by atomic mass is 9.96. The number of hydrogen-bond acceptors (Lipinski definition) is 0. The van der Waals surface area contributed by atoms with Crippen LogP contribution in [0.25, 0.3) is 21.5 Å². The maximum absolute atomic E-state index is 3.74. The fourth-order valence-electron chi connectivity index (χ4n) is 3.03. The Hall–Kier alpha value is -2.12. The molecule has 4 aromatic rings. The first kappa shape index (κ1) is 13.5. The molecule has 4 rings (SSSR count). The van der Waals surface area contributed by atoms with Gasteiger partial charge in [-0.1, -0.05) is 76.6 Å². The van der Waals surface area contributed by atoms with Gasteiger partial charge in [-0.25, -0.2) is 0 Å². The van der Waals surface area contributed by atoms with E-state index < -0.39 is 0 Å². The van der Waals surface area contributed by atoms with Gasteiger partial charge in [-0.3, -0.25) is 0 Å². The van der Waals surface area contributed by atoms with Crippen LogP contribution in [0.4, 0.5) is 0 Å². The molecule has 0 amide bonds. The number of fused-ring (bicyclic) bond motifs is 2. The summed E-state index contributed by atoms with van der Waals surface area (Å²) in [6.45, 7) is 0. The Balaban J connectivity index is 1.95. The van der Waals surface area contributed by atoms with Crippen LogP contribution in [-0.2, 0) is 6.42 Å². The number of halogens is 1. The van der Waals surface area contributed by atoms with Gasteiger partial charge < -0.3 is 0 Å². The maximum Gasteiger partial charge on any atom is 0.0217 e. The molecule has 0 N–H and O–H groups in total. The second-order valence-corrected chi connectivity index (χ2v) is 6.46. The van der Waals surface area contributed by atoms with E-state index in [2.05, 4.69) is 94.8 Å². The molecular formula is C21H15Br. The summed E-state index contributed by atoms with van der Waals surface area (Å²) < 4.78 is 1.18. The Morgan fingerprint density at radius 2 is 1.32 bits per heavy atom. The molecule has 0 bridgehead atoms. The lowest BCUT2D eigenvalue weighted by molar-refractivity contribution is 1.20. The van der Waals surface area contributed by atoms with Crippen molar-refractivity contribution in [2.24, 2.45) is 0 Å². The Morgan fingerprint density at radius 3 is 2.09 bits per heavy atom. The number of benzene rings is 4. The van der Waals surface area contributed by atoms with Gasteiger partial charge in [0.15, 0.2) is 0 Å². The number of hydrogen-bond donors (Lipinski definition) is 0. The summed E-state index contributed by atoms with van der Waals surface area (Å²) in [5, 5.41) is 5.22. The first-order valence-corrected chi connectivity index (χ1v) is 8.24. The van der Waals surface area contributed by atoms with Crippen molar-refractivity contribution in [1.82, 2.24) is 0 Å². The van der Waals surface area contributed by atoms with E-state index in [4.69, 9.17) is 0 Å². The van der Waals surface area contributed by atoms with E-state index in [9.17, 15) is 0 Å². The van der Waals surface area contributed by atoms with Gasteiger partial charge in [0, 0.05) is 4.47 Å². The van der Waals surface area contributed by atoms with E-state index in [1.54, 1.807) is 0 Å². The standard InChI is InChI=1S/C21H15Br/c22-21-11-10-18-13-16-8-4-5-9-17(16)14-19(18)20(21)12-15-6-2-1-3-7-15/h1-11,13-14H,12H2. The third-order valence-corrected chi connectivity index (χ3v) is 4.91. The van der Waals surface area contributed by atoms with Gasteiger partial charge in [0.25, 0.3) is 0 Å². The van der Waals surface area contributed by atoms with Crippen LogP contribution in [0, 0.1) is 0 Å². The van der Waals surface area contributed by atoms with Crippen LogP contribution in [0.1, 0.15) is 11.1 Å². The smallest absolute Gasteiger partial charge is 0.0217 e. The van der Waals surface area contributed by atoms with Crippen molar-refractivity contribution in [1.29, 1.82) is 0 Å². The Kier molecular flexibility index (Phi) is 3.44. The summed E-state index contributed by atoms with van der Waals surface area (Å²) in [5.41, 5.74) is 2.69. The van der Waals surface area contributed by atoms with Crippen molar-refractivity contribution >= 4 is 37.5 Å². The molecule has 106 valence electrons. The zero-order valence-electron chi connectivity index (χ0n) is 12.1. The SMILES string of the molecule is Brc1ccc2cc3ccccc3cc2c1Cc1ccccc1. The van der Waals surface area contributed by atoms with Crippen LogP contribution < -0.4 is 0 Å². The quantitative estimate of drug-likeness (QED) is 0.371. The molecule has 0 heterocycles. The van der Waals surface area contributed by atoms with Crippen molar-refractivity contribution in [3.05, 3.63) is 94.5 Å². The highest BCUT2D eigenvalue weighted by atomic mass is 79.9. The van der Waals surface area contributed by atoms with Crippen molar-refractivity contribution in [2.75, 3.05) is 0 Å². The van der Waals surface area contributed by atoms with E-state index in [-0.39, 0.29) is 0 Å². The molecule has 1 heteroatoms.